The Hall–Kier alpha value is -2.93. The minimum Gasteiger partial charge on any atom is -0.481 e. The molecule has 262 valence electrons. The number of hydrogen-bond acceptors (Lipinski definition) is 4. The average molecular weight is 659 g/mol. The van der Waals surface area contributed by atoms with E-state index in [2.05, 4.69) is 64.0 Å². The van der Waals surface area contributed by atoms with Crippen LogP contribution in [0.5, 0.6) is 0 Å². The molecule has 4 saturated carbocycles. The molecule has 9 unspecified atom stereocenters. The van der Waals surface area contributed by atoms with Crippen LogP contribution in [0, 0.1) is 56.7 Å². The highest BCUT2D eigenvalue weighted by atomic mass is 16.4. The van der Waals surface area contributed by atoms with Crippen molar-refractivity contribution in [3.05, 3.63) is 54.1 Å². The first-order chi connectivity index (χ1) is 22.7. The average Bonchev–Trinajstić information content (AvgIpc) is 3.43. The summed E-state index contributed by atoms with van der Waals surface area (Å²) in [5.41, 5.74) is 2.94. The third kappa shape index (κ3) is 5.20. The highest BCUT2D eigenvalue weighted by molar-refractivity contribution is 5.88. The van der Waals surface area contributed by atoms with E-state index in [0.717, 1.165) is 44.1 Å². The molecule has 5 aliphatic carbocycles. The highest BCUT2D eigenvalue weighted by Crippen LogP contribution is 2.77. The van der Waals surface area contributed by atoms with Gasteiger partial charge in [0.1, 0.15) is 0 Å². The van der Waals surface area contributed by atoms with Crippen LogP contribution >= 0.6 is 0 Å². The van der Waals surface area contributed by atoms with Gasteiger partial charge in [-0.3, -0.25) is 9.59 Å². The number of carbonyl (C=O) groups is 3. The summed E-state index contributed by atoms with van der Waals surface area (Å²) >= 11 is 0. The van der Waals surface area contributed by atoms with Crippen LogP contribution in [0.3, 0.4) is 0 Å². The Bertz CT molecular complexity index is 1480. The van der Waals surface area contributed by atoms with Crippen molar-refractivity contribution in [3.8, 4) is 0 Å². The van der Waals surface area contributed by atoms with Gasteiger partial charge in [-0.1, -0.05) is 58.9 Å². The molecule has 6 rings (SSSR count). The molecule has 7 heteroatoms. The van der Waals surface area contributed by atoms with Crippen LogP contribution in [-0.4, -0.2) is 47.7 Å². The maximum atomic E-state index is 14.2. The Balaban J connectivity index is 1.25. The molecule has 1 aromatic carbocycles. The summed E-state index contributed by atoms with van der Waals surface area (Å²) in [6.45, 7) is 18.4. The van der Waals surface area contributed by atoms with Gasteiger partial charge in [0.2, 0.25) is 5.91 Å². The normalized spacial score (nSPS) is 39.5. The molecule has 0 bridgehead atoms. The van der Waals surface area contributed by atoms with Crippen LogP contribution < -0.4 is 10.6 Å². The number of carboxylic acid groups (broad SMARTS) is 2. The second-order valence-corrected chi connectivity index (χ2v) is 17.4. The van der Waals surface area contributed by atoms with Gasteiger partial charge in [-0.2, -0.15) is 0 Å². The quantitative estimate of drug-likeness (QED) is 0.151. The van der Waals surface area contributed by atoms with Crippen molar-refractivity contribution >= 4 is 23.4 Å². The number of aliphatic carboxylic acids is 1. The van der Waals surface area contributed by atoms with Gasteiger partial charge >= 0.3 is 11.9 Å². The number of carboxylic acids is 2. The van der Waals surface area contributed by atoms with E-state index >= 15 is 0 Å². The molecule has 48 heavy (non-hydrogen) atoms. The Morgan fingerprint density at radius 1 is 0.854 bits per heavy atom. The molecule has 0 aromatic heterocycles. The molecule has 4 fully saturated rings. The fourth-order valence-electron chi connectivity index (χ4n) is 13.0. The van der Waals surface area contributed by atoms with Crippen molar-refractivity contribution in [2.45, 2.75) is 98.8 Å². The van der Waals surface area contributed by atoms with Crippen molar-refractivity contribution in [1.29, 1.82) is 0 Å². The maximum absolute atomic E-state index is 14.2. The third-order valence-electron chi connectivity index (χ3n) is 15.4. The number of rotatable bonds is 10. The van der Waals surface area contributed by atoms with E-state index in [1.165, 1.54) is 24.8 Å². The van der Waals surface area contributed by atoms with E-state index in [-0.39, 0.29) is 39.4 Å². The molecule has 0 saturated heterocycles. The molecule has 1 aromatic rings. The van der Waals surface area contributed by atoms with E-state index in [0.29, 0.717) is 54.8 Å². The second-order valence-electron chi connectivity index (χ2n) is 17.4. The Morgan fingerprint density at radius 2 is 1.58 bits per heavy atom. The molecule has 0 radical (unpaired) electrons. The summed E-state index contributed by atoms with van der Waals surface area (Å²) in [6.07, 6.45) is 14.5. The van der Waals surface area contributed by atoms with Crippen LogP contribution in [0.4, 0.5) is 0 Å². The molecule has 0 heterocycles. The number of aromatic carboxylic acids is 1. The van der Waals surface area contributed by atoms with Crippen LogP contribution in [-0.2, 0) is 9.59 Å². The predicted octanol–water partition coefficient (Wildman–Crippen LogP) is 7.83. The van der Waals surface area contributed by atoms with Crippen molar-refractivity contribution in [2.24, 2.45) is 56.7 Å². The number of carbonyl (C=O) groups excluding carboxylic acids is 1. The number of hydrogen-bond donors (Lipinski definition) is 4. The lowest BCUT2D eigenvalue weighted by Gasteiger charge is -2.72. The standard InChI is InChI=1S/C41H58N2O5/c1-7-26-14-20-41(36(48)43-25-24-42-23-17-33(44)45)22-21-39(5)30(34(26)41)12-13-32-38(4)18-15-29(27-8-10-28(11-9-27)35(46)47)37(2,3)31(38)16-19-40(32,39)6/h7-11,15,26,30-32,34,42H,1,12-14,16-25H2,2-6H3,(H,43,48)(H,44,45)(H,46,47). The Morgan fingerprint density at radius 3 is 2.25 bits per heavy atom. The zero-order chi connectivity index (χ0) is 34.7. The molecule has 1 amide bonds. The largest absolute Gasteiger partial charge is 0.481 e. The van der Waals surface area contributed by atoms with Gasteiger partial charge in [0.25, 0.3) is 0 Å². The Kier molecular flexibility index (Phi) is 9.05. The van der Waals surface area contributed by atoms with Crippen molar-refractivity contribution < 1.29 is 24.6 Å². The Labute approximate surface area is 287 Å². The zero-order valence-electron chi connectivity index (χ0n) is 29.9. The van der Waals surface area contributed by atoms with Gasteiger partial charge in [-0.05, 0) is 132 Å². The molecule has 4 N–H and O–H groups in total. The van der Waals surface area contributed by atoms with Crippen LogP contribution in [0.2, 0.25) is 0 Å². The first-order valence-corrected chi connectivity index (χ1v) is 18.5. The number of benzene rings is 1. The van der Waals surface area contributed by atoms with Crippen molar-refractivity contribution in [2.75, 3.05) is 19.6 Å². The van der Waals surface area contributed by atoms with E-state index in [1.54, 1.807) is 12.1 Å². The number of nitrogens with one attached hydrogen (secondary N) is 2. The topological polar surface area (TPSA) is 116 Å². The van der Waals surface area contributed by atoms with Crippen molar-refractivity contribution in [1.82, 2.24) is 10.6 Å². The van der Waals surface area contributed by atoms with E-state index in [9.17, 15) is 19.5 Å². The molecule has 5 aliphatic rings. The minimum absolute atomic E-state index is 0.0293. The number of fused-ring (bicyclic) bond motifs is 7. The monoisotopic (exact) mass is 658 g/mol. The van der Waals surface area contributed by atoms with E-state index in [1.807, 2.05) is 12.1 Å². The highest BCUT2D eigenvalue weighted by Gasteiger charge is 2.71. The summed E-state index contributed by atoms with van der Waals surface area (Å²) in [4.78, 5) is 36.5. The first-order valence-electron chi connectivity index (χ1n) is 18.5. The summed E-state index contributed by atoms with van der Waals surface area (Å²) in [7, 11) is 0. The fourth-order valence-corrected chi connectivity index (χ4v) is 13.0. The molecule has 7 nitrogen and oxygen atoms in total. The van der Waals surface area contributed by atoms with Crippen LogP contribution in [0.1, 0.15) is 115 Å². The number of allylic oxidation sites excluding steroid dienone is 3. The predicted molar refractivity (Wildman–Crippen MR) is 189 cm³/mol. The summed E-state index contributed by atoms with van der Waals surface area (Å²) in [5, 5.41) is 24.8. The fraction of sp³-hybridized carbons (Fsp3) is 0.683. The minimum atomic E-state index is -0.887. The molecular weight excluding hydrogens is 600 g/mol. The lowest BCUT2D eigenvalue weighted by molar-refractivity contribution is -0.224. The SMILES string of the molecule is C=CC1CCC2(C(=O)NCCNCCC(=O)O)CCC3(C)C(CCC4C5(C)CC=C(c6ccc(C(=O)O)cc6)C(C)(C)C5CCC43C)C12. The van der Waals surface area contributed by atoms with Crippen LogP contribution in [0.25, 0.3) is 5.57 Å². The molecular formula is C41H58N2O5. The summed E-state index contributed by atoms with van der Waals surface area (Å²) < 4.78 is 0. The third-order valence-corrected chi connectivity index (χ3v) is 15.4. The molecule has 9 atom stereocenters. The lowest BCUT2D eigenvalue weighted by atomic mass is 9.32. The maximum Gasteiger partial charge on any atom is 0.335 e. The van der Waals surface area contributed by atoms with E-state index < -0.39 is 11.9 Å². The lowest BCUT2D eigenvalue weighted by Crippen LogP contribution is -2.66. The zero-order valence-corrected chi connectivity index (χ0v) is 29.9. The smallest absolute Gasteiger partial charge is 0.335 e. The van der Waals surface area contributed by atoms with Gasteiger partial charge in [0.15, 0.2) is 0 Å². The van der Waals surface area contributed by atoms with Gasteiger partial charge in [0, 0.05) is 19.6 Å². The van der Waals surface area contributed by atoms with Crippen molar-refractivity contribution in [3.63, 3.8) is 0 Å². The van der Waals surface area contributed by atoms with Gasteiger partial charge in [0.05, 0.1) is 17.4 Å². The van der Waals surface area contributed by atoms with E-state index in [4.69, 9.17) is 5.11 Å². The first kappa shape index (κ1) is 34.9. The number of amides is 1. The molecule has 0 spiro atoms. The van der Waals surface area contributed by atoms with Gasteiger partial charge < -0.3 is 20.8 Å². The molecule has 0 aliphatic heterocycles. The van der Waals surface area contributed by atoms with Gasteiger partial charge in [-0.15, -0.1) is 6.58 Å². The van der Waals surface area contributed by atoms with Crippen LogP contribution in [0.15, 0.2) is 43.0 Å². The summed E-state index contributed by atoms with van der Waals surface area (Å²) in [6, 6.07) is 7.48. The second kappa shape index (κ2) is 12.4. The summed E-state index contributed by atoms with van der Waals surface area (Å²) in [5.74, 6) is 0.766. The van der Waals surface area contributed by atoms with Gasteiger partial charge in [-0.25, -0.2) is 4.79 Å².